The van der Waals surface area contributed by atoms with Crippen LogP contribution in [0.5, 0.6) is 0 Å². The van der Waals surface area contributed by atoms with Gasteiger partial charge in [-0.05, 0) is 55.8 Å². The number of rotatable bonds is 5. The lowest BCUT2D eigenvalue weighted by Gasteiger charge is -2.26. The molecule has 1 amide bonds. The number of nitrogens with zero attached hydrogens (tertiary/aromatic N) is 3. The Balaban J connectivity index is 1.31. The molecular formula is C18H26N4O. The van der Waals surface area contributed by atoms with E-state index in [1.165, 1.54) is 18.4 Å². The highest BCUT2D eigenvalue weighted by molar-refractivity contribution is 5.82. The van der Waals surface area contributed by atoms with E-state index in [0.29, 0.717) is 12.0 Å². The van der Waals surface area contributed by atoms with Gasteiger partial charge in [0.1, 0.15) is 0 Å². The first kappa shape index (κ1) is 15.1. The van der Waals surface area contributed by atoms with Crippen LogP contribution in [0.25, 0.3) is 0 Å². The molecule has 1 aliphatic carbocycles. The number of hydrogen-bond acceptors (Lipinski definition) is 4. The molecule has 3 fully saturated rings. The van der Waals surface area contributed by atoms with Crippen molar-refractivity contribution in [1.82, 2.24) is 20.1 Å². The van der Waals surface area contributed by atoms with Gasteiger partial charge in [0.2, 0.25) is 5.91 Å². The molecule has 1 saturated carbocycles. The predicted molar refractivity (Wildman–Crippen MR) is 88.7 cm³/mol. The molecule has 2 aliphatic heterocycles. The minimum atomic E-state index is 0.0758. The fraction of sp³-hybridized carbons (Fsp3) is 0.667. The van der Waals surface area contributed by atoms with Crippen molar-refractivity contribution in [2.24, 2.45) is 11.8 Å². The molecule has 3 atom stereocenters. The van der Waals surface area contributed by atoms with Gasteiger partial charge < -0.3 is 5.32 Å². The van der Waals surface area contributed by atoms with Gasteiger partial charge in [0.15, 0.2) is 0 Å². The molecule has 5 heteroatoms. The van der Waals surface area contributed by atoms with E-state index < -0.39 is 0 Å². The molecule has 124 valence electrons. The Morgan fingerprint density at radius 2 is 2.09 bits per heavy atom. The Bertz CT molecular complexity index is 559. The summed E-state index contributed by atoms with van der Waals surface area (Å²) in [5, 5.41) is 3.16. The Morgan fingerprint density at radius 3 is 2.78 bits per heavy atom. The summed E-state index contributed by atoms with van der Waals surface area (Å²) < 4.78 is 0. The van der Waals surface area contributed by atoms with Gasteiger partial charge in [-0.25, -0.2) is 0 Å². The van der Waals surface area contributed by atoms with Crippen molar-refractivity contribution in [3.05, 3.63) is 30.1 Å². The normalized spacial score (nSPS) is 31.3. The van der Waals surface area contributed by atoms with Crippen LogP contribution in [0.2, 0.25) is 0 Å². The smallest absolute Gasteiger partial charge is 0.237 e. The quantitative estimate of drug-likeness (QED) is 0.884. The number of carbonyl (C=O) groups excluding carboxylic acids is 1. The summed E-state index contributed by atoms with van der Waals surface area (Å²) in [7, 11) is 2.13. The van der Waals surface area contributed by atoms with Gasteiger partial charge in [-0.15, -0.1) is 0 Å². The van der Waals surface area contributed by atoms with Gasteiger partial charge in [0.25, 0.3) is 0 Å². The molecule has 0 unspecified atom stereocenters. The van der Waals surface area contributed by atoms with E-state index in [0.717, 1.165) is 38.5 Å². The number of nitrogens with one attached hydrogen (secondary N) is 1. The maximum atomic E-state index is 12.4. The van der Waals surface area contributed by atoms with E-state index >= 15 is 0 Å². The Labute approximate surface area is 138 Å². The molecule has 1 aromatic rings. The standard InChI is InChI=1S/C18H26N4O/c1-21-16(18(23)20-9-13-2-3-13)8-15-11-22(12-17(15)21)10-14-4-6-19-7-5-14/h4-7,13,15-17H,2-3,8-12H2,1H3,(H,20,23)/t15-,16-,17+/m0/s1. The van der Waals surface area contributed by atoms with Crippen LogP contribution < -0.4 is 5.32 Å². The molecule has 23 heavy (non-hydrogen) atoms. The minimum absolute atomic E-state index is 0.0758. The number of pyridine rings is 1. The highest BCUT2D eigenvalue weighted by Gasteiger charge is 2.46. The van der Waals surface area contributed by atoms with Gasteiger partial charge in [-0.3, -0.25) is 19.6 Å². The summed E-state index contributed by atoms with van der Waals surface area (Å²) in [4.78, 5) is 21.3. The second-order valence-electron chi connectivity index (χ2n) is 7.48. The number of hydrogen-bond donors (Lipinski definition) is 1. The lowest BCUT2D eigenvalue weighted by molar-refractivity contribution is -0.125. The number of fused-ring (bicyclic) bond motifs is 1. The maximum absolute atomic E-state index is 12.4. The van der Waals surface area contributed by atoms with Crippen molar-refractivity contribution in [3.63, 3.8) is 0 Å². The molecule has 3 heterocycles. The van der Waals surface area contributed by atoms with E-state index in [-0.39, 0.29) is 11.9 Å². The molecule has 1 aromatic heterocycles. The van der Waals surface area contributed by atoms with E-state index in [2.05, 4.69) is 39.3 Å². The van der Waals surface area contributed by atoms with Crippen LogP contribution in [-0.4, -0.2) is 59.5 Å². The van der Waals surface area contributed by atoms with Crippen LogP contribution in [0.4, 0.5) is 0 Å². The summed E-state index contributed by atoms with van der Waals surface area (Å²) >= 11 is 0. The summed E-state index contributed by atoms with van der Waals surface area (Å²) in [5.74, 6) is 1.62. The second kappa shape index (κ2) is 6.21. The molecule has 2 saturated heterocycles. The van der Waals surface area contributed by atoms with Crippen LogP contribution in [0, 0.1) is 11.8 Å². The van der Waals surface area contributed by atoms with Crippen LogP contribution in [0.15, 0.2) is 24.5 Å². The van der Waals surface area contributed by atoms with E-state index in [4.69, 9.17) is 0 Å². The van der Waals surface area contributed by atoms with E-state index in [1.54, 1.807) is 0 Å². The van der Waals surface area contributed by atoms with Crippen LogP contribution in [0.3, 0.4) is 0 Å². The first-order valence-corrected chi connectivity index (χ1v) is 8.81. The van der Waals surface area contributed by atoms with Crippen molar-refractivity contribution in [3.8, 4) is 0 Å². The zero-order valence-corrected chi connectivity index (χ0v) is 13.8. The molecule has 4 rings (SSSR count). The van der Waals surface area contributed by atoms with Crippen molar-refractivity contribution in [1.29, 1.82) is 0 Å². The lowest BCUT2D eigenvalue weighted by atomic mass is 10.0. The molecular weight excluding hydrogens is 288 g/mol. The number of amides is 1. The largest absolute Gasteiger partial charge is 0.354 e. The molecule has 5 nitrogen and oxygen atoms in total. The van der Waals surface area contributed by atoms with Crippen molar-refractivity contribution >= 4 is 5.91 Å². The van der Waals surface area contributed by atoms with Crippen molar-refractivity contribution in [2.75, 3.05) is 26.7 Å². The first-order valence-electron chi connectivity index (χ1n) is 8.81. The zero-order chi connectivity index (χ0) is 15.8. The fourth-order valence-corrected chi connectivity index (χ4v) is 4.17. The second-order valence-corrected chi connectivity index (χ2v) is 7.48. The minimum Gasteiger partial charge on any atom is -0.354 e. The van der Waals surface area contributed by atoms with Gasteiger partial charge in [0.05, 0.1) is 6.04 Å². The Morgan fingerprint density at radius 1 is 1.30 bits per heavy atom. The van der Waals surface area contributed by atoms with Crippen LogP contribution in [0.1, 0.15) is 24.8 Å². The Hall–Kier alpha value is -1.46. The molecule has 0 spiro atoms. The summed E-state index contributed by atoms with van der Waals surface area (Å²) in [6, 6.07) is 4.78. The maximum Gasteiger partial charge on any atom is 0.237 e. The van der Waals surface area contributed by atoms with Gasteiger partial charge in [0, 0.05) is 44.6 Å². The summed E-state index contributed by atoms with van der Waals surface area (Å²) in [5.41, 5.74) is 1.32. The highest BCUT2D eigenvalue weighted by atomic mass is 16.2. The van der Waals surface area contributed by atoms with Gasteiger partial charge in [-0.2, -0.15) is 0 Å². The lowest BCUT2D eigenvalue weighted by Crippen LogP contribution is -2.46. The highest BCUT2D eigenvalue weighted by Crippen LogP contribution is 2.35. The third kappa shape index (κ3) is 3.26. The SMILES string of the molecule is CN1[C@@H]2CN(Cc3ccncc3)C[C@@H]2C[C@H]1C(=O)NCC1CC1. The summed E-state index contributed by atoms with van der Waals surface area (Å²) in [6.45, 7) is 4.04. The average Bonchev–Trinajstić information content (AvgIpc) is 3.23. The van der Waals surface area contributed by atoms with Crippen LogP contribution in [-0.2, 0) is 11.3 Å². The third-order valence-corrected chi connectivity index (χ3v) is 5.74. The number of likely N-dealkylation sites (tertiary alicyclic amines) is 2. The molecule has 0 aromatic carbocycles. The number of likely N-dealkylation sites (N-methyl/N-ethyl adjacent to an activating group) is 1. The molecule has 0 bridgehead atoms. The Kier molecular flexibility index (Phi) is 4.07. The van der Waals surface area contributed by atoms with E-state index in [9.17, 15) is 4.79 Å². The topological polar surface area (TPSA) is 48.5 Å². The molecule has 3 aliphatic rings. The average molecular weight is 314 g/mol. The number of aromatic nitrogens is 1. The molecule has 0 radical (unpaired) electrons. The van der Waals surface area contributed by atoms with Gasteiger partial charge in [-0.1, -0.05) is 0 Å². The monoisotopic (exact) mass is 314 g/mol. The molecule has 1 N–H and O–H groups in total. The zero-order valence-electron chi connectivity index (χ0n) is 13.8. The third-order valence-electron chi connectivity index (χ3n) is 5.74. The fourth-order valence-electron chi connectivity index (χ4n) is 4.17. The predicted octanol–water partition coefficient (Wildman–Crippen LogP) is 1.11. The van der Waals surface area contributed by atoms with E-state index in [1.807, 2.05) is 12.4 Å². The van der Waals surface area contributed by atoms with Crippen molar-refractivity contribution < 1.29 is 4.79 Å². The van der Waals surface area contributed by atoms with Gasteiger partial charge >= 0.3 is 0 Å². The van der Waals surface area contributed by atoms with Crippen LogP contribution >= 0.6 is 0 Å². The number of carbonyl (C=O) groups is 1. The summed E-state index contributed by atoms with van der Waals surface area (Å²) in [6.07, 6.45) is 7.30. The van der Waals surface area contributed by atoms with Crippen molar-refractivity contribution in [2.45, 2.75) is 37.9 Å². The first-order chi connectivity index (χ1) is 11.2.